The molecule has 1 fully saturated rings. The van der Waals surface area contributed by atoms with Crippen molar-refractivity contribution in [3.63, 3.8) is 0 Å². The summed E-state index contributed by atoms with van der Waals surface area (Å²) in [5.74, 6) is 1.20. The van der Waals surface area contributed by atoms with Gasteiger partial charge in [0.05, 0.1) is 18.7 Å². The first kappa shape index (κ1) is 13.4. The Bertz CT molecular complexity index is 501. The van der Waals surface area contributed by atoms with E-state index in [1.54, 1.807) is 25.3 Å². The lowest BCUT2D eigenvalue weighted by molar-refractivity contribution is 0.317. The standard InChI is InChI=1S/C15H18N2O2/c1-11(9-17-13-4-5-13)10-19-14-6-3-12(8-16)7-15(14)18-2/h3,6-7,13,17H,1,4-5,9-10H2,2H3. The van der Waals surface area contributed by atoms with Crippen LogP contribution in [0.15, 0.2) is 30.4 Å². The van der Waals surface area contributed by atoms with Crippen molar-refractivity contribution in [2.45, 2.75) is 18.9 Å². The van der Waals surface area contributed by atoms with Gasteiger partial charge < -0.3 is 14.8 Å². The molecule has 2 rings (SSSR count). The van der Waals surface area contributed by atoms with Gasteiger partial charge in [0, 0.05) is 18.7 Å². The molecule has 0 unspecified atom stereocenters. The van der Waals surface area contributed by atoms with Crippen molar-refractivity contribution < 1.29 is 9.47 Å². The van der Waals surface area contributed by atoms with Gasteiger partial charge in [0.2, 0.25) is 0 Å². The van der Waals surface area contributed by atoms with Crippen LogP contribution in [0.5, 0.6) is 11.5 Å². The van der Waals surface area contributed by atoms with Crippen LogP contribution in [-0.4, -0.2) is 26.3 Å². The van der Waals surface area contributed by atoms with Crippen molar-refractivity contribution in [3.05, 3.63) is 35.9 Å². The zero-order chi connectivity index (χ0) is 13.7. The number of hydrogen-bond acceptors (Lipinski definition) is 4. The third-order valence-corrected chi connectivity index (χ3v) is 2.94. The van der Waals surface area contributed by atoms with Gasteiger partial charge in [-0.2, -0.15) is 5.26 Å². The van der Waals surface area contributed by atoms with Crippen molar-refractivity contribution in [2.75, 3.05) is 20.3 Å². The Hall–Kier alpha value is -1.99. The molecule has 1 N–H and O–H groups in total. The number of hydrogen-bond donors (Lipinski definition) is 1. The van der Waals surface area contributed by atoms with Gasteiger partial charge in [0.1, 0.15) is 6.61 Å². The first-order valence-corrected chi connectivity index (χ1v) is 6.34. The molecule has 1 aliphatic rings. The quantitative estimate of drug-likeness (QED) is 0.762. The molecule has 1 aromatic carbocycles. The third-order valence-electron chi connectivity index (χ3n) is 2.94. The van der Waals surface area contributed by atoms with Crippen molar-refractivity contribution >= 4 is 0 Å². The molecule has 1 aliphatic carbocycles. The van der Waals surface area contributed by atoms with Gasteiger partial charge >= 0.3 is 0 Å². The zero-order valence-electron chi connectivity index (χ0n) is 11.1. The molecular formula is C15H18N2O2. The second kappa shape index (κ2) is 6.26. The van der Waals surface area contributed by atoms with Gasteiger partial charge in [-0.3, -0.25) is 0 Å². The van der Waals surface area contributed by atoms with Crippen LogP contribution in [0.4, 0.5) is 0 Å². The van der Waals surface area contributed by atoms with E-state index in [-0.39, 0.29) is 0 Å². The van der Waals surface area contributed by atoms with E-state index >= 15 is 0 Å². The molecule has 0 saturated heterocycles. The summed E-state index contributed by atoms with van der Waals surface area (Å²) in [4.78, 5) is 0. The topological polar surface area (TPSA) is 54.3 Å². The van der Waals surface area contributed by atoms with Crippen LogP contribution >= 0.6 is 0 Å². The summed E-state index contributed by atoms with van der Waals surface area (Å²) >= 11 is 0. The van der Waals surface area contributed by atoms with Gasteiger partial charge in [0.15, 0.2) is 11.5 Å². The Labute approximate surface area is 113 Å². The molecule has 0 aliphatic heterocycles. The van der Waals surface area contributed by atoms with Crippen LogP contribution in [0.2, 0.25) is 0 Å². The average molecular weight is 258 g/mol. The first-order chi connectivity index (χ1) is 9.22. The number of methoxy groups -OCH3 is 1. The maximum atomic E-state index is 8.83. The lowest BCUT2D eigenvalue weighted by Crippen LogP contribution is -2.21. The summed E-state index contributed by atoms with van der Waals surface area (Å²) in [5.41, 5.74) is 1.55. The average Bonchev–Trinajstić information content (AvgIpc) is 3.26. The summed E-state index contributed by atoms with van der Waals surface area (Å²) in [5, 5.41) is 12.2. The fraction of sp³-hybridized carbons (Fsp3) is 0.400. The molecule has 19 heavy (non-hydrogen) atoms. The van der Waals surface area contributed by atoms with E-state index in [1.807, 2.05) is 0 Å². The van der Waals surface area contributed by atoms with Crippen molar-refractivity contribution in [1.29, 1.82) is 5.26 Å². The monoisotopic (exact) mass is 258 g/mol. The van der Waals surface area contributed by atoms with Gasteiger partial charge in [-0.05, 0) is 30.5 Å². The number of nitriles is 1. The molecule has 4 heteroatoms. The summed E-state index contributed by atoms with van der Waals surface area (Å²) < 4.78 is 10.9. The number of benzene rings is 1. The summed E-state index contributed by atoms with van der Waals surface area (Å²) in [7, 11) is 1.56. The predicted molar refractivity (Wildman–Crippen MR) is 73.4 cm³/mol. The van der Waals surface area contributed by atoms with E-state index in [4.69, 9.17) is 14.7 Å². The van der Waals surface area contributed by atoms with Crippen LogP contribution in [0.1, 0.15) is 18.4 Å². The number of nitrogens with zero attached hydrogens (tertiary/aromatic N) is 1. The molecule has 0 bridgehead atoms. The number of nitrogens with one attached hydrogen (secondary N) is 1. The predicted octanol–water partition coefficient (Wildman–Crippen LogP) is 2.25. The van der Waals surface area contributed by atoms with E-state index in [0.717, 1.165) is 12.1 Å². The summed E-state index contributed by atoms with van der Waals surface area (Å²) in [6, 6.07) is 7.87. The molecule has 0 spiro atoms. The highest BCUT2D eigenvalue weighted by atomic mass is 16.5. The minimum Gasteiger partial charge on any atom is -0.493 e. The van der Waals surface area contributed by atoms with Gasteiger partial charge in [-0.15, -0.1) is 0 Å². The van der Waals surface area contributed by atoms with Crippen molar-refractivity contribution in [1.82, 2.24) is 5.32 Å². The minimum atomic E-state index is 0.446. The molecule has 1 saturated carbocycles. The highest BCUT2D eigenvalue weighted by Crippen LogP contribution is 2.28. The Kier molecular flexibility index (Phi) is 4.43. The zero-order valence-corrected chi connectivity index (χ0v) is 11.1. The van der Waals surface area contributed by atoms with E-state index in [2.05, 4.69) is 18.0 Å². The van der Waals surface area contributed by atoms with Gasteiger partial charge in [-0.1, -0.05) is 6.58 Å². The Balaban J connectivity index is 1.87. The maximum Gasteiger partial charge on any atom is 0.162 e. The second-order valence-corrected chi connectivity index (χ2v) is 4.67. The van der Waals surface area contributed by atoms with E-state index in [9.17, 15) is 0 Å². The number of rotatable bonds is 7. The SMILES string of the molecule is C=C(CNC1CC1)COc1ccc(C#N)cc1OC. The van der Waals surface area contributed by atoms with E-state index in [1.165, 1.54) is 12.8 Å². The largest absolute Gasteiger partial charge is 0.493 e. The highest BCUT2D eigenvalue weighted by molar-refractivity contribution is 5.46. The Morgan fingerprint density at radius 2 is 2.26 bits per heavy atom. The summed E-state index contributed by atoms with van der Waals surface area (Å²) in [6.07, 6.45) is 2.52. The molecule has 0 atom stereocenters. The van der Waals surface area contributed by atoms with Crippen LogP contribution < -0.4 is 14.8 Å². The fourth-order valence-corrected chi connectivity index (χ4v) is 1.66. The van der Waals surface area contributed by atoms with E-state index in [0.29, 0.717) is 29.7 Å². The minimum absolute atomic E-state index is 0.446. The molecule has 100 valence electrons. The van der Waals surface area contributed by atoms with E-state index < -0.39 is 0 Å². The highest BCUT2D eigenvalue weighted by Gasteiger charge is 2.20. The molecule has 0 aromatic heterocycles. The van der Waals surface area contributed by atoms with Crippen LogP contribution in [0.3, 0.4) is 0 Å². The Morgan fingerprint density at radius 3 is 2.89 bits per heavy atom. The normalized spacial score (nSPS) is 13.7. The van der Waals surface area contributed by atoms with Crippen molar-refractivity contribution in [3.8, 4) is 17.6 Å². The first-order valence-electron chi connectivity index (χ1n) is 6.34. The smallest absolute Gasteiger partial charge is 0.162 e. The lowest BCUT2D eigenvalue weighted by atomic mass is 10.2. The molecule has 0 radical (unpaired) electrons. The lowest BCUT2D eigenvalue weighted by Gasteiger charge is -2.12. The van der Waals surface area contributed by atoms with Crippen molar-refractivity contribution in [2.24, 2.45) is 0 Å². The second-order valence-electron chi connectivity index (χ2n) is 4.67. The van der Waals surface area contributed by atoms with Gasteiger partial charge in [-0.25, -0.2) is 0 Å². The fourth-order valence-electron chi connectivity index (χ4n) is 1.66. The van der Waals surface area contributed by atoms with Gasteiger partial charge in [0.25, 0.3) is 0 Å². The summed E-state index contributed by atoms with van der Waals surface area (Å²) in [6.45, 7) is 5.21. The third kappa shape index (κ3) is 4.01. The van der Waals surface area contributed by atoms with Crippen LogP contribution in [-0.2, 0) is 0 Å². The number of ether oxygens (including phenoxy) is 2. The molecule has 1 aromatic rings. The molecule has 4 nitrogen and oxygen atoms in total. The Morgan fingerprint density at radius 1 is 1.47 bits per heavy atom. The maximum absolute atomic E-state index is 8.83. The molecule has 0 heterocycles. The van der Waals surface area contributed by atoms with Crippen LogP contribution in [0.25, 0.3) is 0 Å². The molecular weight excluding hydrogens is 240 g/mol. The molecule has 0 amide bonds. The van der Waals surface area contributed by atoms with Crippen LogP contribution in [0, 0.1) is 11.3 Å².